The van der Waals surface area contributed by atoms with Crippen LogP contribution < -0.4 is 0 Å². The van der Waals surface area contributed by atoms with Gasteiger partial charge in [-0.05, 0) is 0 Å². The molecule has 0 amide bonds. The second kappa shape index (κ2) is 1.37. The summed E-state index contributed by atoms with van der Waals surface area (Å²) in [5.74, 6) is 0. The average molecular weight is 122 g/mol. The van der Waals surface area contributed by atoms with Crippen LogP contribution in [0.1, 0.15) is 0 Å². The quantitative estimate of drug-likeness (QED) is 0.525. The number of oxazole rings is 1. The summed E-state index contributed by atoms with van der Waals surface area (Å²) >= 11 is 0. The van der Waals surface area contributed by atoms with E-state index in [2.05, 4.69) is 4.98 Å². The highest BCUT2D eigenvalue weighted by atomic mass is 16.3. The van der Waals surface area contributed by atoms with Gasteiger partial charge < -0.3 is 8.98 Å². The molecule has 0 radical (unpaired) electrons. The third-order valence-corrected chi connectivity index (χ3v) is 1.27. The average Bonchev–Trinajstić information content (AvgIpc) is 2.22. The Morgan fingerprint density at radius 3 is 3.22 bits per heavy atom. The first kappa shape index (κ1) is 4.61. The van der Waals surface area contributed by atoms with E-state index in [4.69, 9.17) is 4.42 Å². The minimum atomic E-state index is 0.845. The third-order valence-electron chi connectivity index (χ3n) is 1.27. The molecule has 2 aromatic rings. The molecule has 0 atom stereocenters. The predicted octanol–water partition coefficient (Wildman–Crippen LogP) is 1.17. The van der Waals surface area contributed by atoms with Gasteiger partial charge in [0.05, 0.1) is 0 Å². The summed E-state index contributed by atoms with van der Waals surface area (Å²) < 4.78 is 6.92. The molecule has 0 bridgehead atoms. The van der Waals surface area contributed by atoms with Crippen LogP contribution in [0.3, 0.4) is 0 Å². The van der Waals surface area contributed by atoms with Crippen LogP contribution >= 0.6 is 0 Å². The lowest BCUT2D eigenvalue weighted by Gasteiger charge is -1.80. The molecule has 0 aliphatic carbocycles. The van der Waals surface area contributed by atoms with E-state index in [0.29, 0.717) is 0 Å². The van der Waals surface area contributed by atoms with E-state index in [1.165, 1.54) is 6.39 Å². The zero-order valence-electron chi connectivity index (χ0n) is 5.03. The molecule has 3 heteroatoms. The Morgan fingerprint density at radius 1 is 1.56 bits per heavy atom. The van der Waals surface area contributed by atoms with E-state index >= 15 is 0 Å². The molecule has 0 saturated carbocycles. The molecular weight excluding hydrogens is 116 g/mol. The number of hydrogen-bond acceptors (Lipinski definition) is 2. The molecule has 0 spiro atoms. The Balaban J connectivity index is 2.92. The van der Waals surface area contributed by atoms with Crippen LogP contribution in [0.25, 0.3) is 11.1 Å². The van der Waals surface area contributed by atoms with Gasteiger partial charge in [0.2, 0.25) is 0 Å². The summed E-state index contributed by atoms with van der Waals surface area (Å²) in [5.41, 5.74) is 1.76. The van der Waals surface area contributed by atoms with Crippen molar-refractivity contribution in [3.63, 3.8) is 0 Å². The molecule has 0 aliphatic rings. The monoisotopic (exact) mass is 122 g/mol. The SMILES string of the molecule is Cn1cc2ncoc2c1. The maximum absolute atomic E-state index is 5.01. The van der Waals surface area contributed by atoms with E-state index in [-0.39, 0.29) is 0 Å². The number of nitrogens with zero attached hydrogens (tertiary/aromatic N) is 2. The van der Waals surface area contributed by atoms with Crippen molar-refractivity contribution in [3.8, 4) is 0 Å². The van der Waals surface area contributed by atoms with Crippen molar-refractivity contribution in [2.24, 2.45) is 7.05 Å². The Kier molecular flexibility index (Phi) is 0.704. The number of rotatable bonds is 0. The van der Waals surface area contributed by atoms with Gasteiger partial charge in [-0.3, -0.25) is 0 Å². The van der Waals surface area contributed by atoms with E-state index in [1.54, 1.807) is 0 Å². The summed E-state index contributed by atoms with van der Waals surface area (Å²) in [6.45, 7) is 0. The first-order valence-electron chi connectivity index (χ1n) is 2.71. The van der Waals surface area contributed by atoms with Crippen molar-refractivity contribution >= 4 is 11.1 Å². The standard InChI is InChI=1S/C6H6N2O/c1-8-2-5-6(3-8)9-4-7-5/h2-4H,1H3. The second-order valence-corrected chi connectivity index (χ2v) is 2.03. The summed E-state index contributed by atoms with van der Waals surface area (Å²) in [5, 5.41) is 0. The van der Waals surface area contributed by atoms with Gasteiger partial charge in [-0.1, -0.05) is 0 Å². The number of fused-ring (bicyclic) bond motifs is 1. The zero-order chi connectivity index (χ0) is 6.27. The van der Waals surface area contributed by atoms with Crippen molar-refractivity contribution in [2.45, 2.75) is 0 Å². The minimum Gasteiger partial charge on any atom is -0.442 e. The fraction of sp³-hybridized carbons (Fsp3) is 0.167. The van der Waals surface area contributed by atoms with Crippen molar-refractivity contribution in [1.82, 2.24) is 9.55 Å². The number of aryl methyl sites for hydroxylation is 1. The summed E-state index contributed by atoms with van der Waals surface area (Å²) in [6.07, 6.45) is 5.26. The van der Waals surface area contributed by atoms with E-state index < -0.39 is 0 Å². The largest absolute Gasteiger partial charge is 0.442 e. The molecule has 0 N–H and O–H groups in total. The molecule has 3 nitrogen and oxygen atoms in total. The van der Waals surface area contributed by atoms with Crippen LogP contribution in [0.4, 0.5) is 0 Å². The molecule has 0 aromatic carbocycles. The molecule has 2 rings (SSSR count). The predicted molar refractivity (Wildman–Crippen MR) is 33.0 cm³/mol. The molecule has 0 aliphatic heterocycles. The number of aromatic nitrogens is 2. The van der Waals surface area contributed by atoms with Crippen molar-refractivity contribution in [3.05, 3.63) is 18.8 Å². The van der Waals surface area contributed by atoms with Gasteiger partial charge in [-0.25, -0.2) is 4.98 Å². The van der Waals surface area contributed by atoms with Crippen LogP contribution in [0.15, 0.2) is 23.2 Å². The lowest BCUT2D eigenvalue weighted by Crippen LogP contribution is -1.77. The number of hydrogen-bond donors (Lipinski definition) is 0. The zero-order valence-corrected chi connectivity index (χ0v) is 5.03. The fourth-order valence-corrected chi connectivity index (χ4v) is 0.873. The van der Waals surface area contributed by atoms with E-state index in [1.807, 2.05) is 24.0 Å². The van der Waals surface area contributed by atoms with Gasteiger partial charge in [0.1, 0.15) is 5.52 Å². The van der Waals surface area contributed by atoms with Gasteiger partial charge in [-0.2, -0.15) is 0 Å². The molecule has 0 fully saturated rings. The topological polar surface area (TPSA) is 31.0 Å². The highest BCUT2D eigenvalue weighted by Crippen LogP contribution is 2.10. The molecule has 46 valence electrons. The molecule has 0 saturated heterocycles. The Hall–Kier alpha value is -1.25. The smallest absolute Gasteiger partial charge is 0.182 e. The van der Waals surface area contributed by atoms with E-state index in [9.17, 15) is 0 Å². The Bertz CT molecular complexity index is 292. The fourth-order valence-electron chi connectivity index (χ4n) is 0.873. The van der Waals surface area contributed by atoms with Crippen LogP contribution in [0.5, 0.6) is 0 Å². The van der Waals surface area contributed by atoms with Gasteiger partial charge >= 0.3 is 0 Å². The summed E-state index contributed by atoms with van der Waals surface area (Å²) in [6, 6.07) is 0. The van der Waals surface area contributed by atoms with Gasteiger partial charge in [-0.15, -0.1) is 0 Å². The van der Waals surface area contributed by atoms with Crippen molar-refractivity contribution in [1.29, 1.82) is 0 Å². The molecule has 9 heavy (non-hydrogen) atoms. The first-order valence-corrected chi connectivity index (χ1v) is 2.71. The highest BCUT2D eigenvalue weighted by Gasteiger charge is 1.97. The van der Waals surface area contributed by atoms with Crippen molar-refractivity contribution in [2.75, 3.05) is 0 Å². The lowest BCUT2D eigenvalue weighted by molar-refractivity contribution is 0.599. The summed E-state index contributed by atoms with van der Waals surface area (Å²) in [4.78, 5) is 3.95. The van der Waals surface area contributed by atoms with Crippen LogP contribution in [-0.4, -0.2) is 9.55 Å². The summed E-state index contributed by atoms with van der Waals surface area (Å²) in [7, 11) is 1.94. The van der Waals surface area contributed by atoms with Gasteiger partial charge in [0.15, 0.2) is 12.0 Å². The molecule has 2 aromatic heterocycles. The van der Waals surface area contributed by atoms with Gasteiger partial charge in [0, 0.05) is 19.4 Å². The first-order chi connectivity index (χ1) is 4.36. The van der Waals surface area contributed by atoms with Gasteiger partial charge in [0.25, 0.3) is 0 Å². The third kappa shape index (κ3) is 0.543. The van der Waals surface area contributed by atoms with Crippen LogP contribution in [0, 0.1) is 0 Å². The lowest BCUT2D eigenvalue weighted by atomic mass is 10.6. The molecular formula is C6H6N2O. The Morgan fingerprint density at radius 2 is 2.44 bits per heavy atom. The second-order valence-electron chi connectivity index (χ2n) is 2.03. The van der Waals surface area contributed by atoms with Crippen LogP contribution in [0.2, 0.25) is 0 Å². The van der Waals surface area contributed by atoms with E-state index in [0.717, 1.165) is 11.1 Å². The molecule has 0 unspecified atom stereocenters. The van der Waals surface area contributed by atoms with Crippen molar-refractivity contribution < 1.29 is 4.42 Å². The van der Waals surface area contributed by atoms with Crippen LogP contribution in [-0.2, 0) is 7.05 Å². The normalized spacial score (nSPS) is 10.8. The molecule has 2 heterocycles. The minimum absolute atomic E-state index is 0.845. The Labute approximate surface area is 51.9 Å². The maximum atomic E-state index is 5.01. The highest BCUT2D eigenvalue weighted by molar-refractivity contribution is 5.71. The maximum Gasteiger partial charge on any atom is 0.182 e.